The SMILES string of the molecule is CC/C(C)=C/C/C(C=O)=C(\C)F. The number of aldehydes is 1. The summed E-state index contributed by atoms with van der Waals surface area (Å²) in [7, 11) is 0. The minimum absolute atomic E-state index is 0.239. The van der Waals surface area contributed by atoms with E-state index in [1.807, 2.05) is 19.9 Å². The van der Waals surface area contributed by atoms with Crippen LogP contribution < -0.4 is 0 Å². The summed E-state index contributed by atoms with van der Waals surface area (Å²) >= 11 is 0. The lowest BCUT2D eigenvalue weighted by Gasteiger charge is -1.96. The van der Waals surface area contributed by atoms with Crippen LogP contribution in [0.15, 0.2) is 23.0 Å². The number of carbonyl (C=O) groups is 1. The molecule has 0 radical (unpaired) electrons. The van der Waals surface area contributed by atoms with Crippen LogP contribution in [0.25, 0.3) is 0 Å². The van der Waals surface area contributed by atoms with Crippen LogP contribution in [0.5, 0.6) is 0 Å². The lowest BCUT2D eigenvalue weighted by Crippen LogP contribution is -1.86. The molecule has 0 fully saturated rings. The molecule has 0 aliphatic rings. The van der Waals surface area contributed by atoms with Crippen LogP contribution in [0.2, 0.25) is 0 Å². The quantitative estimate of drug-likeness (QED) is 0.360. The number of hydrogen-bond donors (Lipinski definition) is 0. The fourth-order valence-electron chi connectivity index (χ4n) is 0.698. The fourth-order valence-corrected chi connectivity index (χ4v) is 0.698. The monoisotopic (exact) mass is 170 g/mol. The Labute approximate surface area is 73.0 Å². The second kappa shape index (κ2) is 5.70. The van der Waals surface area contributed by atoms with Crippen LogP contribution in [0, 0.1) is 0 Å². The van der Waals surface area contributed by atoms with E-state index in [1.165, 1.54) is 12.5 Å². The summed E-state index contributed by atoms with van der Waals surface area (Å²) in [6, 6.07) is 0. The van der Waals surface area contributed by atoms with Gasteiger partial charge in [-0.25, -0.2) is 4.39 Å². The summed E-state index contributed by atoms with van der Waals surface area (Å²) in [5, 5.41) is 0. The summed E-state index contributed by atoms with van der Waals surface area (Å²) < 4.78 is 12.5. The molecule has 0 saturated heterocycles. The van der Waals surface area contributed by atoms with Gasteiger partial charge in [0.25, 0.3) is 0 Å². The predicted molar refractivity (Wildman–Crippen MR) is 48.5 cm³/mol. The van der Waals surface area contributed by atoms with Crippen molar-refractivity contribution in [1.82, 2.24) is 0 Å². The molecule has 0 aromatic heterocycles. The maximum absolute atomic E-state index is 12.5. The second-order valence-corrected chi connectivity index (χ2v) is 2.78. The highest BCUT2D eigenvalue weighted by Crippen LogP contribution is 2.10. The highest BCUT2D eigenvalue weighted by Gasteiger charge is 1.98. The number of halogens is 1. The Kier molecular flexibility index (Phi) is 5.26. The Balaban J connectivity index is 4.25. The van der Waals surface area contributed by atoms with E-state index in [1.54, 1.807) is 0 Å². The van der Waals surface area contributed by atoms with Crippen molar-refractivity contribution in [2.45, 2.75) is 33.6 Å². The summed E-state index contributed by atoms with van der Waals surface area (Å²) in [6.45, 7) is 5.30. The molecule has 0 saturated carbocycles. The van der Waals surface area contributed by atoms with Gasteiger partial charge in [-0.05, 0) is 26.7 Å². The highest BCUT2D eigenvalue weighted by molar-refractivity contribution is 5.74. The van der Waals surface area contributed by atoms with Gasteiger partial charge in [-0.15, -0.1) is 0 Å². The van der Waals surface area contributed by atoms with Gasteiger partial charge in [0.05, 0.1) is 0 Å². The molecule has 0 aromatic rings. The zero-order chi connectivity index (χ0) is 9.56. The molecule has 0 N–H and O–H groups in total. The molecule has 0 spiro atoms. The number of allylic oxidation sites excluding steroid dienone is 4. The van der Waals surface area contributed by atoms with Crippen LogP contribution in [-0.2, 0) is 4.79 Å². The van der Waals surface area contributed by atoms with Gasteiger partial charge >= 0.3 is 0 Å². The molecule has 2 heteroatoms. The molecule has 0 amide bonds. The predicted octanol–water partition coefficient (Wildman–Crippen LogP) is 3.18. The molecule has 0 rings (SSSR count). The Hall–Kier alpha value is -0.920. The van der Waals surface area contributed by atoms with Crippen LogP contribution in [0.1, 0.15) is 33.6 Å². The first-order chi connectivity index (χ1) is 5.61. The molecule has 12 heavy (non-hydrogen) atoms. The van der Waals surface area contributed by atoms with E-state index in [2.05, 4.69) is 0 Å². The average Bonchev–Trinajstić information content (AvgIpc) is 2.04. The molecular weight excluding hydrogens is 155 g/mol. The molecule has 1 nitrogen and oxygen atoms in total. The molecule has 0 aliphatic heterocycles. The van der Waals surface area contributed by atoms with Gasteiger partial charge in [0.15, 0.2) is 0 Å². The van der Waals surface area contributed by atoms with Crippen LogP contribution in [-0.4, -0.2) is 6.29 Å². The Morgan fingerprint density at radius 1 is 1.42 bits per heavy atom. The molecule has 0 heterocycles. The third kappa shape index (κ3) is 4.06. The topological polar surface area (TPSA) is 17.1 Å². The Morgan fingerprint density at radius 2 is 2.00 bits per heavy atom. The standard InChI is InChI=1S/C10H15FO/c1-4-8(2)5-6-10(7-12)9(3)11/h5,7H,4,6H2,1-3H3/b8-5+,10-9-. The maximum Gasteiger partial charge on any atom is 0.148 e. The lowest BCUT2D eigenvalue weighted by molar-refractivity contribution is -0.105. The first kappa shape index (κ1) is 11.1. The van der Waals surface area contributed by atoms with Gasteiger partial charge in [0.1, 0.15) is 12.1 Å². The number of rotatable bonds is 4. The average molecular weight is 170 g/mol. The van der Waals surface area contributed by atoms with E-state index in [0.29, 0.717) is 12.7 Å². The summed E-state index contributed by atoms with van der Waals surface area (Å²) in [6.07, 6.45) is 3.81. The van der Waals surface area contributed by atoms with Gasteiger partial charge < -0.3 is 0 Å². The first-order valence-corrected chi connectivity index (χ1v) is 4.07. The smallest absolute Gasteiger partial charge is 0.148 e. The van der Waals surface area contributed by atoms with E-state index in [-0.39, 0.29) is 11.4 Å². The first-order valence-electron chi connectivity index (χ1n) is 4.07. The van der Waals surface area contributed by atoms with Gasteiger partial charge in [0, 0.05) is 5.57 Å². The van der Waals surface area contributed by atoms with Crippen molar-refractivity contribution in [2.24, 2.45) is 0 Å². The molecule has 68 valence electrons. The van der Waals surface area contributed by atoms with E-state index >= 15 is 0 Å². The van der Waals surface area contributed by atoms with E-state index in [0.717, 1.165) is 6.42 Å². The Bertz CT molecular complexity index is 210. The van der Waals surface area contributed by atoms with Crippen molar-refractivity contribution in [3.8, 4) is 0 Å². The summed E-state index contributed by atoms with van der Waals surface area (Å²) in [4.78, 5) is 10.3. The van der Waals surface area contributed by atoms with E-state index in [4.69, 9.17) is 0 Å². The van der Waals surface area contributed by atoms with Gasteiger partial charge in [0.2, 0.25) is 0 Å². The van der Waals surface area contributed by atoms with Crippen molar-refractivity contribution >= 4 is 6.29 Å². The molecule has 0 aromatic carbocycles. The third-order valence-corrected chi connectivity index (χ3v) is 1.81. The van der Waals surface area contributed by atoms with Crippen molar-refractivity contribution in [3.05, 3.63) is 23.0 Å². The fraction of sp³-hybridized carbons (Fsp3) is 0.500. The van der Waals surface area contributed by atoms with Crippen LogP contribution in [0.4, 0.5) is 4.39 Å². The van der Waals surface area contributed by atoms with Gasteiger partial charge in [-0.1, -0.05) is 18.6 Å². The molecule has 0 unspecified atom stereocenters. The van der Waals surface area contributed by atoms with Crippen molar-refractivity contribution in [3.63, 3.8) is 0 Å². The van der Waals surface area contributed by atoms with E-state index < -0.39 is 0 Å². The lowest BCUT2D eigenvalue weighted by atomic mass is 10.1. The molecular formula is C10H15FO. The minimum atomic E-state index is -0.384. The minimum Gasteiger partial charge on any atom is -0.298 e. The second-order valence-electron chi connectivity index (χ2n) is 2.78. The molecule has 0 aliphatic carbocycles. The van der Waals surface area contributed by atoms with Crippen LogP contribution >= 0.6 is 0 Å². The van der Waals surface area contributed by atoms with Gasteiger partial charge in [-0.3, -0.25) is 4.79 Å². The zero-order valence-electron chi connectivity index (χ0n) is 7.86. The zero-order valence-corrected chi connectivity index (χ0v) is 7.86. The normalized spacial score (nSPS) is 14.2. The van der Waals surface area contributed by atoms with Crippen molar-refractivity contribution in [1.29, 1.82) is 0 Å². The summed E-state index contributed by atoms with van der Waals surface area (Å²) in [5.41, 5.74) is 1.42. The third-order valence-electron chi connectivity index (χ3n) is 1.81. The van der Waals surface area contributed by atoms with Crippen molar-refractivity contribution < 1.29 is 9.18 Å². The summed E-state index contributed by atoms with van der Waals surface area (Å²) in [5.74, 6) is -0.384. The van der Waals surface area contributed by atoms with Crippen LogP contribution in [0.3, 0.4) is 0 Å². The van der Waals surface area contributed by atoms with Gasteiger partial charge in [-0.2, -0.15) is 0 Å². The number of carbonyl (C=O) groups excluding carboxylic acids is 1. The number of hydrogen-bond acceptors (Lipinski definition) is 1. The van der Waals surface area contributed by atoms with E-state index in [9.17, 15) is 9.18 Å². The highest BCUT2D eigenvalue weighted by atomic mass is 19.1. The Morgan fingerprint density at radius 3 is 2.33 bits per heavy atom. The largest absolute Gasteiger partial charge is 0.298 e. The van der Waals surface area contributed by atoms with Crippen molar-refractivity contribution in [2.75, 3.05) is 0 Å². The molecule has 0 bridgehead atoms. The molecule has 0 atom stereocenters. The maximum atomic E-state index is 12.5.